The average molecular weight is 324 g/mol. The molecule has 0 spiro atoms. The van der Waals surface area contributed by atoms with Crippen molar-refractivity contribution in [3.05, 3.63) is 96.2 Å². The van der Waals surface area contributed by atoms with Crippen LogP contribution in [0.4, 0.5) is 5.69 Å². The Morgan fingerprint density at radius 2 is 1.48 bits per heavy atom. The van der Waals surface area contributed by atoms with E-state index in [4.69, 9.17) is 5.73 Å². The molecule has 1 heterocycles. The van der Waals surface area contributed by atoms with Crippen LogP contribution in [0.3, 0.4) is 0 Å². The predicted octanol–water partition coefficient (Wildman–Crippen LogP) is 4.72. The van der Waals surface area contributed by atoms with E-state index in [2.05, 4.69) is 4.98 Å². The molecule has 0 aliphatic heterocycles. The van der Waals surface area contributed by atoms with Crippen LogP contribution in [0.5, 0.6) is 0 Å². The molecule has 3 heteroatoms. The van der Waals surface area contributed by atoms with Crippen molar-refractivity contribution in [2.75, 3.05) is 5.73 Å². The first-order valence-electron chi connectivity index (χ1n) is 8.08. The number of rotatable bonds is 3. The first-order valence-corrected chi connectivity index (χ1v) is 8.08. The summed E-state index contributed by atoms with van der Waals surface area (Å²) in [6.07, 6.45) is 1.73. The molecule has 2 N–H and O–H groups in total. The summed E-state index contributed by atoms with van der Waals surface area (Å²) in [5.74, 6) is -0.0908. The second kappa shape index (κ2) is 6.21. The van der Waals surface area contributed by atoms with E-state index in [9.17, 15) is 4.79 Å². The lowest BCUT2D eigenvalue weighted by Gasteiger charge is -2.11. The van der Waals surface area contributed by atoms with Gasteiger partial charge in [0.15, 0.2) is 5.78 Å². The van der Waals surface area contributed by atoms with E-state index in [1.165, 1.54) is 0 Å². The maximum Gasteiger partial charge on any atom is 0.195 e. The number of hydrogen-bond donors (Lipinski definition) is 1. The molecular formula is C22H16N2O. The summed E-state index contributed by atoms with van der Waals surface area (Å²) in [5, 5.41) is 0.941. The van der Waals surface area contributed by atoms with Gasteiger partial charge >= 0.3 is 0 Å². The summed E-state index contributed by atoms with van der Waals surface area (Å²) in [4.78, 5) is 17.2. The highest BCUT2D eigenvalue weighted by atomic mass is 16.1. The summed E-state index contributed by atoms with van der Waals surface area (Å²) in [5.41, 5.74) is 10.6. The lowest BCUT2D eigenvalue weighted by atomic mass is 9.96. The molecule has 0 fully saturated rings. The van der Waals surface area contributed by atoms with Crippen LogP contribution in [0.2, 0.25) is 0 Å². The lowest BCUT2D eigenvalue weighted by molar-refractivity contribution is 0.103. The number of hydrogen-bond acceptors (Lipinski definition) is 3. The second-order valence-electron chi connectivity index (χ2n) is 5.84. The van der Waals surface area contributed by atoms with Gasteiger partial charge in [-0.1, -0.05) is 66.7 Å². The van der Waals surface area contributed by atoms with Crippen molar-refractivity contribution >= 4 is 22.4 Å². The van der Waals surface area contributed by atoms with Crippen LogP contribution in [0.25, 0.3) is 22.0 Å². The fourth-order valence-electron chi connectivity index (χ4n) is 3.05. The minimum Gasteiger partial charge on any atom is -0.396 e. The molecule has 0 saturated heterocycles. The molecular weight excluding hydrogens is 308 g/mol. The van der Waals surface area contributed by atoms with Gasteiger partial charge < -0.3 is 5.73 Å². The van der Waals surface area contributed by atoms with Gasteiger partial charge in [0.2, 0.25) is 0 Å². The third-order valence-electron chi connectivity index (χ3n) is 4.32. The van der Waals surface area contributed by atoms with E-state index >= 15 is 0 Å². The summed E-state index contributed by atoms with van der Waals surface area (Å²) in [6, 6.07) is 24.9. The van der Waals surface area contributed by atoms with Gasteiger partial charge in [-0.2, -0.15) is 0 Å². The maximum absolute atomic E-state index is 12.8. The number of nitrogens with zero attached hydrogens (tertiary/aromatic N) is 1. The fourth-order valence-corrected chi connectivity index (χ4v) is 3.05. The van der Waals surface area contributed by atoms with Crippen LogP contribution in [0, 0.1) is 0 Å². The first kappa shape index (κ1) is 15.1. The molecule has 0 amide bonds. The molecule has 0 aliphatic carbocycles. The number of ketones is 1. The summed E-state index contributed by atoms with van der Waals surface area (Å²) < 4.78 is 0. The van der Waals surface area contributed by atoms with E-state index in [-0.39, 0.29) is 5.78 Å². The van der Waals surface area contributed by atoms with E-state index in [0.29, 0.717) is 22.3 Å². The van der Waals surface area contributed by atoms with Gasteiger partial charge in [0.05, 0.1) is 11.2 Å². The van der Waals surface area contributed by atoms with Crippen molar-refractivity contribution in [2.45, 2.75) is 0 Å². The Bertz CT molecular complexity index is 1060. The molecule has 0 aliphatic rings. The van der Waals surface area contributed by atoms with Gasteiger partial charge in [0.1, 0.15) is 0 Å². The Balaban J connectivity index is 1.89. The fraction of sp³-hybridized carbons (Fsp3) is 0. The topological polar surface area (TPSA) is 56.0 Å². The predicted molar refractivity (Wildman–Crippen MR) is 101 cm³/mol. The highest BCUT2D eigenvalue weighted by molar-refractivity contribution is 6.16. The minimum absolute atomic E-state index is 0.0908. The van der Waals surface area contributed by atoms with E-state index in [1.54, 1.807) is 24.4 Å². The van der Waals surface area contributed by atoms with Crippen LogP contribution in [0.15, 0.2) is 85.1 Å². The summed E-state index contributed by atoms with van der Waals surface area (Å²) in [7, 11) is 0. The maximum atomic E-state index is 12.8. The number of benzene rings is 3. The number of pyridine rings is 1. The number of nitrogen functional groups attached to an aromatic ring is 1. The number of nitrogens with two attached hydrogens (primary N) is 1. The quantitative estimate of drug-likeness (QED) is 0.438. The Morgan fingerprint density at radius 1 is 0.800 bits per heavy atom. The number of aromatic nitrogens is 1. The molecule has 120 valence electrons. The number of anilines is 1. The van der Waals surface area contributed by atoms with Crippen molar-refractivity contribution in [2.24, 2.45) is 0 Å². The summed E-state index contributed by atoms with van der Waals surface area (Å²) >= 11 is 0. The molecule has 4 aromatic rings. The van der Waals surface area contributed by atoms with Crippen LogP contribution < -0.4 is 5.73 Å². The third kappa shape index (κ3) is 2.66. The Kier molecular flexibility index (Phi) is 3.75. The third-order valence-corrected chi connectivity index (χ3v) is 4.32. The van der Waals surface area contributed by atoms with Crippen LogP contribution >= 0.6 is 0 Å². The monoisotopic (exact) mass is 324 g/mol. The number of carbonyl (C=O) groups excluding carboxylic acids is 1. The number of carbonyl (C=O) groups is 1. The zero-order chi connectivity index (χ0) is 17.2. The van der Waals surface area contributed by atoms with Crippen molar-refractivity contribution in [1.29, 1.82) is 0 Å². The largest absolute Gasteiger partial charge is 0.396 e. The molecule has 3 nitrogen and oxygen atoms in total. The van der Waals surface area contributed by atoms with Gasteiger partial charge in [0, 0.05) is 22.7 Å². The number of fused-ring (bicyclic) bond motifs is 1. The van der Waals surface area contributed by atoms with E-state index in [1.807, 2.05) is 60.7 Å². The van der Waals surface area contributed by atoms with Crippen LogP contribution in [0.1, 0.15) is 15.9 Å². The molecule has 4 rings (SSSR count). The SMILES string of the molecule is Nc1c(C(=O)c2ccccc2)ccc2c(-c3ccccc3)ccnc12. The van der Waals surface area contributed by atoms with Gasteiger partial charge in [-0.25, -0.2) is 0 Å². The van der Waals surface area contributed by atoms with Gasteiger partial charge in [-0.15, -0.1) is 0 Å². The Morgan fingerprint density at radius 3 is 2.20 bits per heavy atom. The van der Waals surface area contributed by atoms with Gasteiger partial charge in [-0.3, -0.25) is 9.78 Å². The standard InChI is InChI=1S/C22H16N2O/c23-20-19(22(25)16-9-5-2-6-10-16)12-11-18-17(13-14-24-21(18)20)15-7-3-1-4-8-15/h1-14H,23H2. The average Bonchev–Trinajstić information content (AvgIpc) is 2.69. The van der Waals surface area contributed by atoms with Gasteiger partial charge in [0.25, 0.3) is 0 Å². The molecule has 3 aromatic carbocycles. The minimum atomic E-state index is -0.0908. The summed E-state index contributed by atoms with van der Waals surface area (Å²) in [6.45, 7) is 0. The first-order chi connectivity index (χ1) is 12.3. The normalized spacial score (nSPS) is 10.7. The van der Waals surface area contributed by atoms with Crippen LogP contribution in [-0.2, 0) is 0 Å². The van der Waals surface area contributed by atoms with Crippen molar-refractivity contribution in [3.63, 3.8) is 0 Å². The highest BCUT2D eigenvalue weighted by Gasteiger charge is 2.16. The van der Waals surface area contributed by atoms with Gasteiger partial charge in [-0.05, 0) is 23.3 Å². The van der Waals surface area contributed by atoms with Crippen molar-refractivity contribution < 1.29 is 4.79 Å². The van der Waals surface area contributed by atoms with E-state index in [0.717, 1.165) is 16.5 Å². The molecule has 0 radical (unpaired) electrons. The van der Waals surface area contributed by atoms with Crippen LogP contribution in [-0.4, -0.2) is 10.8 Å². The zero-order valence-electron chi connectivity index (χ0n) is 13.5. The van der Waals surface area contributed by atoms with Crippen molar-refractivity contribution in [1.82, 2.24) is 4.98 Å². The lowest BCUT2D eigenvalue weighted by Crippen LogP contribution is -2.06. The highest BCUT2D eigenvalue weighted by Crippen LogP contribution is 2.32. The molecule has 0 saturated carbocycles. The molecule has 0 bridgehead atoms. The second-order valence-corrected chi connectivity index (χ2v) is 5.84. The molecule has 0 unspecified atom stereocenters. The van der Waals surface area contributed by atoms with Crippen molar-refractivity contribution in [3.8, 4) is 11.1 Å². The Labute approximate surface area is 145 Å². The molecule has 0 atom stereocenters. The smallest absolute Gasteiger partial charge is 0.195 e. The molecule has 1 aromatic heterocycles. The van der Waals surface area contributed by atoms with E-state index < -0.39 is 0 Å². The molecule has 25 heavy (non-hydrogen) atoms. The zero-order valence-corrected chi connectivity index (χ0v) is 13.5. The Hall–Kier alpha value is -3.46.